The maximum Gasteiger partial charge on any atom is 0.356 e. The lowest BCUT2D eigenvalue weighted by atomic mass is 9.94. The largest absolute Gasteiger partial charge is 0.493 e. The molecule has 0 amide bonds. The van der Waals surface area contributed by atoms with Gasteiger partial charge in [-0.2, -0.15) is 0 Å². The number of hydrogen-bond acceptors (Lipinski definition) is 9. The fourth-order valence-electron chi connectivity index (χ4n) is 4.58. The molecule has 0 spiro atoms. The summed E-state index contributed by atoms with van der Waals surface area (Å²) in [6, 6.07) is 14.9. The molecule has 0 saturated carbocycles. The number of nitrogens with zero attached hydrogens (tertiary/aromatic N) is 1. The molecule has 0 aromatic heterocycles. The summed E-state index contributed by atoms with van der Waals surface area (Å²) in [5.41, 5.74) is 1.57. The first-order chi connectivity index (χ1) is 18.3. The number of carbonyl (C=O) groups is 1. The van der Waals surface area contributed by atoms with E-state index >= 15 is 0 Å². The van der Waals surface area contributed by atoms with Crippen LogP contribution in [0, 0.1) is 0 Å². The van der Waals surface area contributed by atoms with Crippen molar-refractivity contribution in [2.45, 2.75) is 11.4 Å². The van der Waals surface area contributed by atoms with Gasteiger partial charge in [0.2, 0.25) is 12.5 Å². The highest BCUT2D eigenvalue weighted by Gasteiger charge is 2.41. The van der Waals surface area contributed by atoms with Gasteiger partial charge in [0.1, 0.15) is 5.70 Å². The second kappa shape index (κ2) is 9.82. The molecular weight excluding hydrogens is 514 g/mol. The van der Waals surface area contributed by atoms with Crippen LogP contribution in [0.4, 0.5) is 0 Å². The zero-order valence-electron chi connectivity index (χ0n) is 21.1. The summed E-state index contributed by atoms with van der Waals surface area (Å²) in [7, 11) is 1.46. The summed E-state index contributed by atoms with van der Waals surface area (Å²) >= 11 is 0. The lowest BCUT2D eigenvalue weighted by Gasteiger charge is -2.33. The molecule has 3 aromatic rings. The molecule has 0 N–H and O–H groups in total. The van der Waals surface area contributed by atoms with Crippen molar-refractivity contribution in [1.82, 2.24) is 4.31 Å². The predicted molar refractivity (Wildman–Crippen MR) is 136 cm³/mol. The highest BCUT2D eigenvalue weighted by Crippen LogP contribution is 2.46. The molecule has 198 valence electrons. The summed E-state index contributed by atoms with van der Waals surface area (Å²) in [6.07, 6.45) is 0. The number of carbonyl (C=O) groups excluding carboxylic acids is 1. The Hall–Kier alpha value is -4.38. The Labute approximate surface area is 219 Å². The quantitative estimate of drug-likeness (QED) is 0.416. The van der Waals surface area contributed by atoms with E-state index < -0.39 is 16.0 Å². The van der Waals surface area contributed by atoms with Crippen LogP contribution in [-0.4, -0.2) is 53.9 Å². The number of rotatable bonds is 7. The molecular formula is C27H25NO9S. The van der Waals surface area contributed by atoms with E-state index in [9.17, 15) is 13.2 Å². The van der Waals surface area contributed by atoms with Crippen molar-refractivity contribution < 1.29 is 41.6 Å². The Morgan fingerprint density at radius 2 is 1.58 bits per heavy atom. The standard InChI is InChI=1S/C27H25NO9S/c1-32-21-12-17(13-22(33-2)26(21)34-3)24-18-7-5-6-8-23(18)38(30,31)28(25(24)27(29)35-4)14-16-9-10-19-20(11-16)37-15-36-19/h5-13H,14-15H2,1-4H3. The minimum atomic E-state index is -4.17. The van der Waals surface area contributed by atoms with E-state index in [2.05, 4.69) is 0 Å². The summed E-state index contributed by atoms with van der Waals surface area (Å²) in [5.74, 6) is 1.26. The molecule has 11 heteroatoms. The first-order valence-corrected chi connectivity index (χ1v) is 12.9. The number of esters is 1. The smallest absolute Gasteiger partial charge is 0.356 e. The van der Waals surface area contributed by atoms with E-state index in [-0.39, 0.29) is 23.9 Å². The Bertz CT molecular complexity index is 1540. The predicted octanol–water partition coefficient (Wildman–Crippen LogP) is 3.58. The van der Waals surface area contributed by atoms with Gasteiger partial charge in [0.05, 0.1) is 39.9 Å². The minimum absolute atomic E-state index is 0.0390. The third kappa shape index (κ3) is 4.04. The van der Waals surface area contributed by atoms with Gasteiger partial charge in [0.15, 0.2) is 23.0 Å². The van der Waals surface area contributed by atoms with Crippen molar-refractivity contribution in [3.8, 4) is 28.7 Å². The first kappa shape index (κ1) is 25.3. The van der Waals surface area contributed by atoms with Gasteiger partial charge in [0.25, 0.3) is 10.0 Å². The van der Waals surface area contributed by atoms with Crippen molar-refractivity contribution in [3.63, 3.8) is 0 Å². The second-order valence-electron chi connectivity index (χ2n) is 8.32. The van der Waals surface area contributed by atoms with Crippen LogP contribution < -0.4 is 23.7 Å². The van der Waals surface area contributed by atoms with Crippen molar-refractivity contribution >= 4 is 21.6 Å². The normalized spacial score (nSPS) is 15.1. The lowest BCUT2D eigenvalue weighted by Crippen LogP contribution is -2.38. The van der Waals surface area contributed by atoms with Gasteiger partial charge in [-0.05, 0) is 41.5 Å². The van der Waals surface area contributed by atoms with Crippen LogP contribution in [0.15, 0.2) is 65.2 Å². The molecule has 0 radical (unpaired) electrons. The highest BCUT2D eigenvalue weighted by atomic mass is 32.2. The minimum Gasteiger partial charge on any atom is -0.493 e. The molecule has 2 heterocycles. The van der Waals surface area contributed by atoms with E-state index in [0.717, 1.165) is 4.31 Å². The van der Waals surface area contributed by atoms with Gasteiger partial charge >= 0.3 is 5.97 Å². The monoisotopic (exact) mass is 539 g/mol. The number of ether oxygens (including phenoxy) is 6. The molecule has 0 unspecified atom stereocenters. The average molecular weight is 540 g/mol. The Balaban J connectivity index is 1.79. The second-order valence-corrected chi connectivity index (χ2v) is 10.2. The zero-order chi connectivity index (χ0) is 27.0. The van der Waals surface area contributed by atoms with Crippen LogP contribution in [0.5, 0.6) is 28.7 Å². The van der Waals surface area contributed by atoms with Gasteiger partial charge < -0.3 is 28.4 Å². The summed E-state index contributed by atoms with van der Waals surface area (Å²) < 4.78 is 61.4. The fraction of sp³-hybridized carbons (Fsp3) is 0.222. The fourth-order valence-corrected chi connectivity index (χ4v) is 6.24. The Morgan fingerprint density at radius 3 is 2.24 bits per heavy atom. The Morgan fingerprint density at radius 1 is 0.895 bits per heavy atom. The van der Waals surface area contributed by atoms with Crippen LogP contribution in [-0.2, 0) is 26.1 Å². The molecule has 5 rings (SSSR count). The summed E-state index contributed by atoms with van der Waals surface area (Å²) in [4.78, 5) is 13.4. The van der Waals surface area contributed by atoms with Crippen LogP contribution >= 0.6 is 0 Å². The van der Waals surface area contributed by atoms with Crippen molar-refractivity contribution in [1.29, 1.82) is 0 Å². The molecule has 0 saturated heterocycles. The van der Waals surface area contributed by atoms with Crippen LogP contribution in [0.25, 0.3) is 5.57 Å². The van der Waals surface area contributed by atoms with E-state index in [4.69, 9.17) is 28.4 Å². The maximum absolute atomic E-state index is 14.0. The molecule has 0 atom stereocenters. The van der Waals surface area contributed by atoms with Gasteiger partial charge in [-0.1, -0.05) is 24.3 Å². The number of methoxy groups -OCH3 is 4. The van der Waals surface area contributed by atoms with E-state index in [0.29, 0.717) is 51.0 Å². The highest BCUT2D eigenvalue weighted by molar-refractivity contribution is 7.89. The summed E-state index contributed by atoms with van der Waals surface area (Å²) in [5, 5.41) is 0. The van der Waals surface area contributed by atoms with Crippen LogP contribution in [0.2, 0.25) is 0 Å². The molecule has 0 fully saturated rings. The zero-order valence-corrected chi connectivity index (χ0v) is 22.0. The Kier molecular flexibility index (Phi) is 6.53. The number of sulfonamides is 1. The van der Waals surface area contributed by atoms with E-state index in [1.165, 1.54) is 34.5 Å². The van der Waals surface area contributed by atoms with Gasteiger partial charge in [-0.3, -0.25) is 4.31 Å². The third-order valence-corrected chi connectivity index (χ3v) is 8.11. The molecule has 0 aliphatic carbocycles. The molecule has 2 aliphatic rings. The summed E-state index contributed by atoms with van der Waals surface area (Å²) in [6.45, 7) is -0.0849. The average Bonchev–Trinajstić information content (AvgIpc) is 3.41. The third-order valence-electron chi connectivity index (χ3n) is 6.31. The molecule has 3 aromatic carbocycles. The molecule has 0 bridgehead atoms. The van der Waals surface area contributed by atoms with Gasteiger partial charge in [0, 0.05) is 11.1 Å². The van der Waals surface area contributed by atoms with Crippen LogP contribution in [0.3, 0.4) is 0 Å². The van der Waals surface area contributed by atoms with E-state index in [1.807, 2.05) is 0 Å². The molecule has 38 heavy (non-hydrogen) atoms. The SMILES string of the molecule is COC(=O)C1=C(c2cc(OC)c(OC)c(OC)c2)c2ccccc2S(=O)(=O)N1Cc1ccc2c(c1)OCO2. The van der Waals surface area contributed by atoms with Crippen molar-refractivity contribution in [3.05, 3.63) is 77.0 Å². The number of hydrogen-bond donors (Lipinski definition) is 0. The van der Waals surface area contributed by atoms with Crippen molar-refractivity contribution in [2.24, 2.45) is 0 Å². The molecule has 2 aliphatic heterocycles. The first-order valence-electron chi connectivity index (χ1n) is 11.5. The number of fused-ring (bicyclic) bond motifs is 2. The number of benzene rings is 3. The maximum atomic E-state index is 14.0. The van der Waals surface area contributed by atoms with Crippen LogP contribution in [0.1, 0.15) is 16.7 Å². The van der Waals surface area contributed by atoms with Gasteiger partial charge in [-0.25, -0.2) is 13.2 Å². The van der Waals surface area contributed by atoms with E-state index in [1.54, 1.807) is 48.5 Å². The van der Waals surface area contributed by atoms with Crippen molar-refractivity contribution in [2.75, 3.05) is 35.2 Å². The van der Waals surface area contributed by atoms with Gasteiger partial charge in [-0.15, -0.1) is 0 Å². The molecule has 10 nitrogen and oxygen atoms in total. The topological polar surface area (TPSA) is 110 Å². The lowest BCUT2D eigenvalue weighted by molar-refractivity contribution is -0.137.